The Morgan fingerprint density at radius 1 is 1.08 bits per heavy atom. The van der Waals surface area contributed by atoms with Crippen molar-refractivity contribution >= 4 is 16.8 Å². The van der Waals surface area contributed by atoms with Gasteiger partial charge in [-0.3, -0.25) is 4.79 Å². The smallest absolute Gasteiger partial charge is 0.221 e. The summed E-state index contributed by atoms with van der Waals surface area (Å²) in [5, 5.41) is 6.78. The van der Waals surface area contributed by atoms with Crippen LogP contribution in [0.2, 0.25) is 0 Å². The molecule has 1 amide bonds. The first-order valence-electron chi connectivity index (χ1n) is 10.0. The van der Waals surface area contributed by atoms with Crippen molar-refractivity contribution in [1.29, 1.82) is 0 Å². The summed E-state index contributed by atoms with van der Waals surface area (Å²) in [6.45, 7) is 3.76. The van der Waals surface area contributed by atoms with Crippen LogP contribution in [0.25, 0.3) is 0 Å². The van der Waals surface area contributed by atoms with Gasteiger partial charge < -0.3 is 15.5 Å². The number of hydrogen-bond donors (Lipinski definition) is 3. The number of carbonyl (C=O) groups excluding carboxylic acids is 1. The molecule has 0 aromatic rings. The fourth-order valence-electron chi connectivity index (χ4n) is 3.94. The van der Waals surface area contributed by atoms with Gasteiger partial charge in [0.05, 0.1) is 0 Å². The van der Waals surface area contributed by atoms with Crippen LogP contribution in [0.5, 0.6) is 0 Å². The van der Waals surface area contributed by atoms with E-state index in [0.717, 1.165) is 25.3 Å². The summed E-state index contributed by atoms with van der Waals surface area (Å²) >= 11 is 0. The molecule has 0 spiro atoms. The van der Waals surface area contributed by atoms with Crippen molar-refractivity contribution in [2.45, 2.75) is 63.5 Å². The molecule has 7 nitrogen and oxygen atoms in total. The standard InChI is InChI=1S/C18H36N4O3S/c1-21-12-8-16(9-13-21)19-11-7-15-3-5-17(6-4-15)20-18(23)10-14-22(2)26(24)25/h15-17,19,26H,3-14H2,1-2H3,(H,20,23)/t15-,17-. The third-order valence-corrected chi connectivity index (χ3v) is 6.61. The Balaban J connectivity index is 1.53. The monoisotopic (exact) mass is 388 g/mol. The van der Waals surface area contributed by atoms with Crippen molar-refractivity contribution in [3.05, 3.63) is 0 Å². The van der Waals surface area contributed by atoms with Gasteiger partial charge in [0.15, 0.2) is 0 Å². The SMILES string of the molecule is CN1CCC(NCC[C@H]2CC[C@H](NC(=O)CCN(C)[SH](=O)=O)CC2)CC1. The molecular weight excluding hydrogens is 352 g/mol. The molecule has 0 radical (unpaired) electrons. The van der Waals surface area contributed by atoms with Gasteiger partial charge in [0, 0.05) is 32.1 Å². The van der Waals surface area contributed by atoms with Gasteiger partial charge in [-0.05, 0) is 77.5 Å². The average molecular weight is 389 g/mol. The molecule has 0 aromatic heterocycles. The fraction of sp³-hybridized carbons (Fsp3) is 0.944. The molecule has 152 valence electrons. The topological polar surface area (TPSA) is 81.8 Å². The Bertz CT molecular complexity index is 491. The Morgan fingerprint density at radius 2 is 1.73 bits per heavy atom. The predicted octanol–water partition coefficient (Wildman–Crippen LogP) is 0.584. The van der Waals surface area contributed by atoms with Gasteiger partial charge >= 0.3 is 0 Å². The van der Waals surface area contributed by atoms with Crippen LogP contribution in [0.4, 0.5) is 0 Å². The normalized spacial score (nSPS) is 25.7. The lowest BCUT2D eigenvalue weighted by Crippen LogP contribution is -2.42. The Kier molecular flexibility index (Phi) is 9.31. The van der Waals surface area contributed by atoms with Crippen LogP contribution in [0.3, 0.4) is 0 Å². The van der Waals surface area contributed by atoms with Crippen molar-refractivity contribution in [3.8, 4) is 0 Å². The van der Waals surface area contributed by atoms with Crippen molar-refractivity contribution in [1.82, 2.24) is 19.8 Å². The minimum absolute atomic E-state index is 0.0407. The molecule has 2 rings (SSSR count). The van der Waals surface area contributed by atoms with Crippen molar-refractivity contribution in [2.24, 2.45) is 5.92 Å². The zero-order chi connectivity index (χ0) is 18.9. The first kappa shape index (κ1) is 21.6. The number of nitrogens with zero attached hydrogens (tertiary/aromatic N) is 2. The molecule has 1 aliphatic heterocycles. The molecule has 1 aliphatic carbocycles. The number of rotatable bonds is 9. The first-order chi connectivity index (χ1) is 12.4. The molecule has 2 N–H and O–H groups in total. The average Bonchev–Trinajstić information content (AvgIpc) is 2.62. The van der Waals surface area contributed by atoms with E-state index in [4.69, 9.17) is 0 Å². The van der Waals surface area contributed by atoms with E-state index in [2.05, 4.69) is 22.6 Å². The van der Waals surface area contributed by atoms with Crippen LogP contribution in [-0.4, -0.2) is 75.9 Å². The van der Waals surface area contributed by atoms with Gasteiger partial charge in [0.25, 0.3) is 0 Å². The lowest BCUT2D eigenvalue weighted by Gasteiger charge is -2.31. The van der Waals surface area contributed by atoms with Crippen molar-refractivity contribution in [3.63, 3.8) is 0 Å². The van der Waals surface area contributed by atoms with Crippen LogP contribution >= 0.6 is 0 Å². The van der Waals surface area contributed by atoms with Crippen molar-refractivity contribution in [2.75, 3.05) is 40.3 Å². The molecule has 0 aromatic carbocycles. The van der Waals surface area contributed by atoms with E-state index < -0.39 is 10.9 Å². The fourth-order valence-corrected chi connectivity index (χ4v) is 4.21. The summed E-state index contributed by atoms with van der Waals surface area (Å²) < 4.78 is 22.7. The second-order valence-electron chi connectivity index (χ2n) is 7.97. The summed E-state index contributed by atoms with van der Waals surface area (Å²) in [7, 11) is 1.10. The van der Waals surface area contributed by atoms with Gasteiger partial charge in [-0.25, -0.2) is 12.7 Å². The highest BCUT2D eigenvalue weighted by molar-refractivity contribution is 7.69. The summed E-state index contributed by atoms with van der Waals surface area (Å²) in [4.78, 5) is 14.3. The van der Waals surface area contributed by atoms with Crippen molar-refractivity contribution < 1.29 is 13.2 Å². The zero-order valence-corrected chi connectivity index (χ0v) is 17.2. The zero-order valence-electron chi connectivity index (χ0n) is 16.3. The summed E-state index contributed by atoms with van der Waals surface area (Å²) in [6.07, 6.45) is 8.40. The van der Waals surface area contributed by atoms with Gasteiger partial charge in [-0.2, -0.15) is 0 Å². The minimum atomic E-state index is -2.59. The quantitative estimate of drug-likeness (QED) is 0.504. The number of carbonyl (C=O) groups is 1. The van der Waals surface area contributed by atoms with Crippen LogP contribution in [-0.2, 0) is 15.7 Å². The molecule has 26 heavy (non-hydrogen) atoms. The number of likely N-dealkylation sites (tertiary alicyclic amines) is 1. The van der Waals surface area contributed by atoms with E-state index in [9.17, 15) is 13.2 Å². The molecule has 0 unspecified atom stereocenters. The lowest BCUT2D eigenvalue weighted by molar-refractivity contribution is -0.122. The number of piperidine rings is 1. The highest BCUT2D eigenvalue weighted by Crippen LogP contribution is 2.26. The number of amides is 1. The molecule has 2 aliphatic rings. The molecule has 0 bridgehead atoms. The molecule has 8 heteroatoms. The largest absolute Gasteiger partial charge is 0.353 e. The molecule has 0 atom stereocenters. The maximum Gasteiger partial charge on any atom is 0.221 e. The van der Waals surface area contributed by atoms with E-state index in [-0.39, 0.29) is 24.9 Å². The number of hydrogen-bond acceptors (Lipinski definition) is 5. The highest BCUT2D eigenvalue weighted by atomic mass is 32.2. The van der Waals surface area contributed by atoms with Crippen LogP contribution in [0.15, 0.2) is 0 Å². The van der Waals surface area contributed by atoms with Gasteiger partial charge in [0.2, 0.25) is 16.8 Å². The minimum Gasteiger partial charge on any atom is -0.353 e. The number of nitrogens with one attached hydrogen (secondary N) is 2. The second-order valence-corrected chi connectivity index (χ2v) is 9.13. The summed E-state index contributed by atoms with van der Waals surface area (Å²) in [6, 6.07) is 0.941. The Labute approximate surface area is 160 Å². The van der Waals surface area contributed by atoms with Gasteiger partial charge in [-0.15, -0.1) is 0 Å². The lowest BCUT2D eigenvalue weighted by atomic mass is 9.84. The van der Waals surface area contributed by atoms with Gasteiger partial charge in [0.1, 0.15) is 0 Å². The van der Waals surface area contributed by atoms with Crippen LogP contribution < -0.4 is 10.6 Å². The predicted molar refractivity (Wildman–Crippen MR) is 105 cm³/mol. The van der Waals surface area contributed by atoms with Crippen LogP contribution in [0, 0.1) is 5.92 Å². The molecule has 1 saturated heterocycles. The summed E-state index contributed by atoms with van der Waals surface area (Å²) in [5.41, 5.74) is 0. The second kappa shape index (κ2) is 11.2. The van der Waals surface area contributed by atoms with E-state index >= 15 is 0 Å². The molecule has 2 fully saturated rings. The highest BCUT2D eigenvalue weighted by Gasteiger charge is 2.23. The molecular formula is C18H36N4O3S. The van der Waals surface area contributed by atoms with E-state index in [1.165, 1.54) is 56.5 Å². The Morgan fingerprint density at radius 3 is 2.35 bits per heavy atom. The Hall–Kier alpha value is -0.700. The third kappa shape index (κ3) is 7.90. The third-order valence-electron chi connectivity index (χ3n) is 5.86. The summed E-state index contributed by atoms with van der Waals surface area (Å²) in [5.74, 6) is 0.721. The maximum absolute atomic E-state index is 11.9. The maximum atomic E-state index is 11.9. The van der Waals surface area contributed by atoms with E-state index in [1.807, 2.05) is 0 Å². The first-order valence-corrected chi connectivity index (χ1v) is 11.1. The molecule has 1 heterocycles. The number of thiol groups is 1. The van der Waals surface area contributed by atoms with E-state index in [1.54, 1.807) is 0 Å². The molecule has 1 saturated carbocycles. The van der Waals surface area contributed by atoms with Crippen LogP contribution in [0.1, 0.15) is 51.4 Å². The van der Waals surface area contributed by atoms with Gasteiger partial charge in [-0.1, -0.05) is 0 Å². The van der Waals surface area contributed by atoms with E-state index in [0.29, 0.717) is 6.04 Å².